The molecule has 1 fully saturated rings. The molecule has 0 amide bonds. The molecule has 126 valence electrons. The third-order valence-corrected chi connectivity index (χ3v) is 5.23. The summed E-state index contributed by atoms with van der Waals surface area (Å²) < 4.78 is 4.52. The van der Waals surface area contributed by atoms with Gasteiger partial charge in [-0.05, 0) is 44.4 Å². The lowest BCUT2D eigenvalue weighted by Crippen LogP contribution is -2.37. The number of imidazole rings is 2. The monoisotopic (exact) mass is 323 g/mol. The number of piperidine rings is 1. The van der Waals surface area contributed by atoms with Crippen LogP contribution in [0.15, 0.2) is 36.7 Å². The van der Waals surface area contributed by atoms with E-state index in [1.165, 1.54) is 24.9 Å². The van der Waals surface area contributed by atoms with E-state index in [1.54, 1.807) is 0 Å². The fraction of sp³-hybridized carbons (Fsp3) is 0.474. The van der Waals surface area contributed by atoms with Crippen LogP contribution in [0.4, 0.5) is 0 Å². The number of nitrogens with zero attached hydrogens (tertiary/aromatic N) is 5. The summed E-state index contributed by atoms with van der Waals surface area (Å²) in [5.41, 5.74) is 2.31. The van der Waals surface area contributed by atoms with E-state index in [9.17, 15) is 0 Å². The van der Waals surface area contributed by atoms with Crippen molar-refractivity contribution in [1.82, 2.24) is 24.0 Å². The van der Waals surface area contributed by atoms with Crippen LogP contribution in [0, 0.1) is 12.8 Å². The smallest absolute Gasteiger partial charge is 0.123 e. The third kappa shape index (κ3) is 2.96. The van der Waals surface area contributed by atoms with E-state index in [2.05, 4.69) is 63.5 Å². The second-order valence-electron chi connectivity index (χ2n) is 6.95. The predicted molar refractivity (Wildman–Crippen MR) is 95.7 cm³/mol. The molecule has 3 heterocycles. The highest BCUT2D eigenvalue weighted by atomic mass is 15.2. The van der Waals surface area contributed by atoms with E-state index >= 15 is 0 Å². The van der Waals surface area contributed by atoms with Gasteiger partial charge in [-0.1, -0.05) is 12.1 Å². The summed E-state index contributed by atoms with van der Waals surface area (Å²) in [5, 5.41) is 0. The minimum atomic E-state index is 0.696. The maximum Gasteiger partial charge on any atom is 0.123 e. The summed E-state index contributed by atoms with van der Waals surface area (Å²) in [6.07, 6.45) is 6.56. The number of benzene rings is 1. The van der Waals surface area contributed by atoms with Gasteiger partial charge in [0.15, 0.2) is 0 Å². The highest BCUT2D eigenvalue weighted by Crippen LogP contribution is 2.22. The van der Waals surface area contributed by atoms with Gasteiger partial charge in [0.25, 0.3) is 0 Å². The zero-order valence-corrected chi connectivity index (χ0v) is 14.5. The van der Waals surface area contributed by atoms with Crippen LogP contribution < -0.4 is 0 Å². The maximum atomic E-state index is 4.83. The molecule has 5 nitrogen and oxygen atoms in total. The summed E-state index contributed by atoms with van der Waals surface area (Å²) in [4.78, 5) is 11.7. The Hall–Kier alpha value is -2.14. The molecule has 1 aliphatic heterocycles. The van der Waals surface area contributed by atoms with E-state index in [4.69, 9.17) is 4.98 Å². The molecular weight excluding hydrogens is 298 g/mol. The van der Waals surface area contributed by atoms with Crippen molar-refractivity contribution in [2.45, 2.75) is 32.9 Å². The second kappa shape index (κ2) is 6.40. The van der Waals surface area contributed by atoms with Gasteiger partial charge in [0, 0.05) is 32.5 Å². The Morgan fingerprint density at radius 1 is 1.25 bits per heavy atom. The van der Waals surface area contributed by atoms with Crippen LogP contribution in [0.1, 0.15) is 24.5 Å². The fourth-order valence-corrected chi connectivity index (χ4v) is 3.86. The number of likely N-dealkylation sites (tertiary alicyclic amines) is 1. The van der Waals surface area contributed by atoms with E-state index in [1.807, 2.05) is 6.20 Å². The van der Waals surface area contributed by atoms with Crippen molar-refractivity contribution in [3.63, 3.8) is 0 Å². The van der Waals surface area contributed by atoms with Gasteiger partial charge < -0.3 is 9.13 Å². The molecular formula is C19H25N5. The molecule has 0 N–H and O–H groups in total. The molecule has 1 aromatic carbocycles. The third-order valence-electron chi connectivity index (χ3n) is 5.23. The Kier molecular flexibility index (Phi) is 4.10. The molecule has 1 unspecified atom stereocenters. The van der Waals surface area contributed by atoms with Gasteiger partial charge in [-0.3, -0.25) is 4.90 Å². The minimum absolute atomic E-state index is 0.696. The van der Waals surface area contributed by atoms with Crippen molar-refractivity contribution >= 4 is 11.0 Å². The van der Waals surface area contributed by atoms with Crippen molar-refractivity contribution < 1.29 is 0 Å². The van der Waals surface area contributed by atoms with Crippen LogP contribution in [-0.2, 0) is 20.1 Å². The zero-order chi connectivity index (χ0) is 16.5. The number of hydrogen-bond donors (Lipinski definition) is 0. The van der Waals surface area contributed by atoms with Gasteiger partial charge in [0.05, 0.1) is 17.6 Å². The van der Waals surface area contributed by atoms with Crippen molar-refractivity contribution in [3.05, 3.63) is 48.3 Å². The molecule has 5 heteroatoms. The molecule has 0 aliphatic carbocycles. The largest absolute Gasteiger partial charge is 0.335 e. The topological polar surface area (TPSA) is 38.9 Å². The number of aryl methyl sites for hydroxylation is 2. The van der Waals surface area contributed by atoms with Crippen LogP contribution in [0.3, 0.4) is 0 Å². The van der Waals surface area contributed by atoms with Gasteiger partial charge in [-0.2, -0.15) is 0 Å². The molecule has 2 aromatic heterocycles. The predicted octanol–water partition coefficient (Wildman–Crippen LogP) is 2.99. The first-order valence-corrected chi connectivity index (χ1v) is 8.81. The lowest BCUT2D eigenvalue weighted by molar-refractivity contribution is 0.151. The minimum Gasteiger partial charge on any atom is -0.335 e. The number of fused-ring (bicyclic) bond motifs is 1. The van der Waals surface area contributed by atoms with E-state index in [-0.39, 0.29) is 0 Å². The Morgan fingerprint density at radius 3 is 2.92 bits per heavy atom. The first-order valence-electron chi connectivity index (χ1n) is 8.81. The summed E-state index contributed by atoms with van der Waals surface area (Å²) in [7, 11) is 2.13. The second-order valence-corrected chi connectivity index (χ2v) is 6.95. The van der Waals surface area contributed by atoms with Crippen molar-refractivity contribution in [1.29, 1.82) is 0 Å². The van der Waals surface area contributed by atoms with E-state index in [0.717, 1.165) is 36.8 Å². The maximum absolute atomic E-state index is 4.83. The molecule has 1 aliphatic rings. The van der Waals surface area contributed by atoms with Crippen molar-refractivity contribution in [3.8, 4) is 0 Å². The number of rotatable bonds is 4. The summed E-state index contributed by atoms with van der Waals surface area (Å²) in [5.74, 6) is 2.97. The standard InChI is InChI=1S/C19H25N5/c1-15-20-9-11-24(15)13-16-6-5-10-23(12-16)14-19-21-17-7-3-4-8-18(17)22(19)2/h3-4,7-9,11,16H,5-6,10,12-14H2,1-2H3. The lowest BCUT2D eigenvalue weighted by atomic mass is 9.98. The van der Waals surface area contributed by atoms with Crippen LogP contribution in [0.2, 0.25) is 0 Å². The fourth-order valence-electron chi connectivity index (χ4n) is 3.86. The Balaban J connectivity index is 1.46. The summed E-state index contributed by atoms with van der Waals surface area (Å²) in [6, 6.07) is 8.38. The Morgan fingerprint density at radius 2 is 2.12 bits per heavy atom. The van der Waals surface area contributed by atoms with Crippen LogP contribution >= 0.6 is 0 Å². The highest BCUT2D eigenvalue weighted by molar-refractivity contribution is 5.75. The molecule has 0 spiro atoms. The highest BCUT2D eigenvalue weighted by Gasteiger charge is 2.22. The number of aromatic nitrogens is 4. The summed E-state index contributed by atoms with van der Waals surface area (Å²) >= 11 is 0. The molecule has 1 atom stereocenters. The Bertz CT molecular complexity index is 831. The first-order chi connectivity index (χ1) is 11.7. The summed E-state index contributed by atoms with van der Waals surface area (Å²) in [6.45, 7) is 6.40. The quantitative estimate of drug-likeness (QED) is 0.741. The van der Waals surface area contributed by atoms with Gasteiger partial charge in [-0.15, -0.1) is 0 Å². The average Bonchev–Trinajstić information content (AvgIpc) is 3.13. The normalized spacial score (nSPS) is 19.2. The first kappa shape index (κ1) is 15.4. The Labute approximate surface area is 142 Å². The van der Waals surface area contributed by atoms with Crippen molar-refractivity contribution in [2.75, 3.05) is 13.1 Å². The SMILES string of the molecule is Cc1nccn1CC1CCCN(Cc2nc3ccccc3n2C)C1. The van der Waals surface area contributed by atoms with E-state index < -0.39 is 0 Å². The lowest BCUT2D eigenvalue weighted by Gasteiger charge is -2.32. The molecule has 0 radical (unpaired) electrons. The molecule has 3 aromatic rings. The zero-order valence-electron chi connectivity index (χ0n) is 14.5. The van der Waals surface area contributed by atoms with Gasteiger partial charge in [-0.25, -0.2) is 9.97 Å². The van der Waals surface area contributed by atoms with Gasteiger partial charge >= 0.3 is 0 Å². The van der Waals surface area contributed by atoms with E-state index in [0.29, 0.717) is 5.92 Å². The number of hydrogen-bond acceptors (Lipinski definition) is 3. The van der Waals surface area contributed by atoms with Crippen LogP contribution in [-0.4, -0.2) is 37.1 Å². The molecule has 0 bridgehead atoms. The molecule has 4 rings (SSSR count). The molecule has 1 saturated heterocycles. The van der Waals surface area contributed by atoms with Crippen LogP contribution in [0.5, 0.6) is 0 Å². The van der Waals surface area contributed by atoms with Crippen molar-refractivity contribution in [2.24, 2.45) is 13.0 Å². The van der Waals surface area contributed by atoms with Gasteiger partial charge in [0.1, 0.15) is 11.6 Å². The average molecular weight is 323 g/mol. The molecule has 24 heavy (non-hydrogen) atoms. The molecule has 0 saturated carbocycles. The van der Waals surface area contributed by atoms with Gasteiger partial charge in [0.2, 0.25) is 0 Å². The number of para-hydroxylation sites is 2. The van der Waals surface area contributed by atoms with Crippen LogP contribution in [0.25, 0.3) is 11.0 Å².